The Morgan fingerprint density at radius 1 is 0.339 bits per heavy atom. The van der Waals surface area contributed by atoms with E-state index in [-0.39, 0.29) is 0 Å². The zero-order valence-electron chi connectivity index (χ0n) is 33.1. The maximum atomic E-state index is 6.49. The molecule has 12 rings (SSSR count). The molecule has 0 saturated heterocycles. The highest BCUT2D eigenvalue weighted by atomic mass is 32.1. The van der Waals surface area contributed by atoms with Crippen LogP contribution < -0.4 is 0 Å². The maximum absolute atomic E-state index is 6.49. The van der Waals surface area contributed by atoms with Gasteiger partial charge in [0, 0.05) is 53.4 Å². The number of rotatable bonds is 7. The summed E-state index contributed by atoms with van der Waals surface area (Å²) in [6.07, 6.45) is 0. The van der Waals surface area contributed by atoms with Crippen molar-refractivity contribution >= 4 is 53.6 Å². The lowest BCUT2D eigenvalue weighted by molar-refractivity contribution is 0.667. The van der Waals surface area contributed by atoms with Crippen LogP contribution in [0.2, 0.25) is 0 Å². The highest BCUT2D eigenvalue weighted by Crippen LogP contribution is 2.42. The van der Waals surface area contributed by atoms with Gasteiger partial charge in [0.25, 0.3) is 0 Å². The third-order valence-corrected chi connectivity index (χ3v) is 12.5. The largest absolute Gasteiger partial charge is 0.452 e. The van der Waals surface area contributed by atoms with E-state index in [1.165, 1.54) is 9.40 Å². The van der Waals surface area contributed by atoms with Crippen molar-refractivity contribution in [1.29, 1.82) is 0 Å². The minimum Gasteiger partial charge on any atom is -0.452 e. The fourth-order valence-electron chi connectivity index (χ4n) is 8.33. The van der Waals surface area contributed by atoms with E-state index in [0.717, 1.165) is 83.0 Å². The monoisotopic (exact) mass is 811 g/mol. The van der Waals surface area contributed by atoms with Gasteiger partial charge in [-0.25, -0.2) is 24.9 Å². The van der Waals surface area contributed by atoms with E-state index in [2.05, 4.69) is 115 Å². The molecule has 8 aromatic carbocycles. The zero-order valence-corrected chi connectivity index (χ0v) is 33.9. The predicted octanol–water partition coefficient (Wildman–Crippen LogP) is 14.6. The molecule has 0 aliphatic heterocycles. The van der Waals surface area contributed by atoms with Gasteiger partial charge in [-0.1, -0.05) is 164 Å². The Balaban J connectivity index is 0.963. The molecule has 4 aromatic heterocycles. The Labute approximate surface area is 360 Å². The molecule has 12 aromatic rings. The summed E-state index contributed by atoms with van der Waals surface area (Å²) in [7, 11) is 0. The van der Waals surface area contributed by atoms with E-state index in [4.69, 9.17) is 29.3 Å². The van der Waals surface area contributed by atoms with Crippen LogP contribution in [0.25, 0.3) is 121 Å². The van der Waals surface area contributed by atoms with Crippen LogP contribution in [0.1, 0.15) is 0 Å². The Morgan fingerprint density at radius 3 is 1.63 bits per heavy atom. The SMILES string of the molecule is c1ccc(-c2cccc(-c3nc(-c4ccc(-c5ccc6sc7cccc(-c8nc(-c9ccccc9)nc(-c9ccccc9)n8)c7c6c5)cc4)c4oc5ccccc5c4n3)c2)cc1. The molecule has 0 amide bonds. The number of aromatic nitrogens is 5. The van der Waals surface area contributed by atoms with Crippen LogP contribution in [-0.2, 0) is 0 Å². The Morgan fingerprint density at radius 2 is 0.887 bits per heavy atom. The standard InChI is InChI=1S/C55H33N5OS/c1-4-14-34(15-5-1)39-20-12-21-41(32-39)54-56-49(51-50(57-54)42-22-10-11-24-45(42)61-51)36-28-26-35(27-29-36)40-30-31-46-44(33-40)48-43(23-13-25-47(48)62-46)55-59-52(37-16-6-2-7-17-37)58-53(60-55)38-18-8-3-9-19-38/h1-33H. The van der Waals surface area contributed by atoms with Crippen molar-refractivity contribution in [2.24, 2.45) is 0 Å². The summed E-state index contributed by atoms with van der Waals surface area (Å²) in [6, 6.07) is 68.8. The number of fused-ring (bicyclic) bond motifs is 6. The molecule has 0 atom stereocenters. The number of hydrogen-bond donors (Lipinski definition) is 0. The average molecular weight is 812 g/mol. The molecule has 7 heteroatoms. The molecular formula is C55H33N5OS. The van der Waals surface area contributed by atoms with Crippen LogP contribution >= 0.6 is 11.3 Å². The topological polar surface area (TPSA) is 77.6 Å². The molecule has 0 N–H and O–H groups in total. The van der Waals surface area contributed by atoms with E-state index in [0.29, 0.717) is 28.9 Å². The molecule has 62 heavy (non-hydrogen) atoms. The quantitative estimate of drug-likeness (QED) is 0.160. The first-order chi connectivity index (χ1) is 30.7. The third-order valence-electron chi connectivity index (χ3n) is 11.4. The number of thiophene rings is 1. The van der Waals surface area contributed by atoms with Crippen LogP contribution in [-0.4, -0.2) is 24.9 Å². The summed E-state index contributed by atoms with van der Waals surface area (Å²) in [5.74, 6) is 2.58. The Kier molecular flexibility index (Phi) is 8.57. The summed E-state index contributed by atoms with van der Waals surface area (Å²) < 4.78 is 8.87. The molecular weight excluding hydrogens is 779 g/mol. The van der Waals surface area contributed by atoms with Crippen molar-refractivity contribution in [2.75, 3.05) is 0 Å². The number of nitrogens with zero attached hydrogens (tertiary/aromatic N) is 5. The molecule has 0 radical (unpaired) electrons. The van der Waals surface area contributed by atoms with Crippen LogP contribution in [0.15, 0.2) is 205 Å². The van der Waals surface area contributed by atoms with Gasteiger partial charge in [-0.3, -0.25) is 0 Å². The molecule has 4 heterocycles. The second-order valence-corrected chi connectivity index (χ2v) is 16.3. The van der Waals surface area contributed by atoms with Crippen molar-refractivity contribution in [3.8, 4) is 79.1 Å². The van der Waals surface area contributed by atoms with Crippen molar-refractivity contribution in [1.82, 2.24) is 24.9 Å². The van der Waals surface area contributed by atoms with Gasteiger partial charge in [-0.05, 0) is 58.7 Å². The number of hydrogen-bond acceptors (Lipinski definition) is 7. The van der Waals surface area contributed by atoms with E-state index in [1.807, 2.05) is 84.9 Å². The molecule has 6 nitrogen and oxygen atoms in total. The molecule has 0 saturated carbocycles. The van der Waals surface area contributed by atoms with E-state index >= 15 is 0 Å². The Bertz CT molecular complexity index is 3560. The molecule has 0 spiro atoms. The van der Waals surface area contributed by atoms with Gasteiger partial charge in [0.1, 0.15) is 16.8 Å². The molecule has 0 aliphatic carbocycles. The average Bonchev–Trinajstić information content (AvgIpc) is 3.93. The van der Waals surface area contributed by atoms with Gasteiger partial charge < -0.3 is 4.42 Å². The van der Waals surface area contributed by atoms with E-state index < -0.39 is 0 Å². The normalized spacial score (nSPS) is 11.5. The van der Waals surface area contributed by atoms with Crippen LogP contribution in [0, 0.1) is 0 Å². The highest BCUT2D eigenvalue weighted by molar-refractivity contribution is 7.26. The van der Waals surface area contributed by atoms with Gasteiger partial charge in [-0.2, -0.15) is 0 Å². The van der Waals surface area contributed by atoms with E-state index in [9.17, 15) is 0 Å². The number of furan rings is 1. The zero-order chi connectivity index (χ0) is 41.0. The molecule has 0 fully saturated rings. The summed E-state index contributed by atoms with van der Waals surface area (Å²) in [5.41, 5.74) is 12.2. The van der Waals surface area contributed by atoms with Gasteiger partial charge in [-0.15, -0.1) is 11.3 Å². The van der Waals surface area contributed by atoms with Crippen molar-refractivity contribution < 1.29 is 4.42 Å². The second-order valence-electron chi connectivity index (χ2n) is 15.2. The summed E-state index contributed by atoms with van der Waals surface area (Å²) in [4.78, 5) is 25.5. The van der Waals surface area contributed by atoms with Crippen molar-refractivity contribution in [3.63, 3.8) is 0 Å². The summed E-state index contributed by atoms with van der Waals surface area (Å²) in [5, 5.41) is 3.25. The van der Waals surface area contributed by atoms with Crippen LogP contribution in [0.4, 0.5) is 0 Å². The smallest absolute Gasteiger partial charge is 0.180 e. The van der Waals surface area contributed by atoms with Gasteiger partial charge in [0.05, 0.1) is 0 Å². The van der Waals surface area contributed by atoms with Crippen LogP contribution in [0.3, 0.4) is 0 Å². The minimum absolute atomic E-state index is 0.642. The van der Waals surface area contributed by atoms with Gasteiger partial charge in [0.2, 0.25) is 0 Å². The lowest BCUT2D eigenvalue weighted by atomic mass is 9.99. The maximum Gasteiger partial charge on any atom is 0.180 e. The third kappa shape index (κ3) is 6.31. The highest BCUT2D eigenvalue weighted by Gasteiger charge is 2.20. The first-order valence-corrected chi connectivity index (χ1v) is 21.3. The fraction of sp³-hybridized carbons (Fsp3) is 0. The van der Waals surface area contributed by atoms with Crippen molar-refractivity contribution in [2.45, 2.75) is 0 Å². The second kappa shape index (κ2) is 14.9. The van der Waals surface area contributed by atoms with Gasteiger partial charge in [0.15, 0.2) is 28.9 Å². The number of para-hydroxylation sites is 1. The molecule has 0 bridgehead atoms. The lowest BCUT2D eigenvalue weighted by Crippen LogP contribution is -2.00. The molecule has 0 aliphatic rings. The fourth-order valence-corrected chi connectivity index (χ4v) is 9.44. The lowest BCUT2D eigenvalue weighted by Gasteiger charge is -2.10. The first-order valence-electron chi connectivity index (χ1n) is 20.5. The van der Waals surface area contributed by atoms with Crippen LogP contribution in [0.5, 0.6) is 0 Å². The Hall–Kier alpha value is -8.13. The van der Waals surface area contributed by atoms with E-state index in [1.54, 1.807) is 11.3 Å². The summed E-state index contributed by atoms with van der Waals surface area (Å²) in [6.45, 7) is 0. The van der Waals surface area contributed by atoms with Gasteiger partial charge >= 0.3 is 0 Å². The first kappa shape index (κ1) is 35.8. The molecule has 0 unspecified atom stereocenters. The number of benzene rings is 8. The predicted molar refractivity (Wildman–Crippen MR) is 254 cm³/mol. The summed E-state index contributed by atoms with van der Waals surface area (Å²) >= 11 is 1.78. The molecule has 290 valence electrons. The minimum atomic E-state index is 0.642. The van der Waals surface area contributed by atoms with Crippen molar-refractivity contribution in [3.05, 3.63) is 200 Å².